The topological polar surface area (TPSA) is 86.3 Å². The van der Waals surface area contributed by atoms with Crippen molar-refractivity contribution in [1.82, 2.24) is 14.5 Å². The number of anilines is 1. The molecule has 0 aliphatic rings. The van der Waals surface area contributed by atoms with Gasteiger partial charge in [-0.05, 0) is 48.1 Å². The Kier molecular flexibility index (Phi) is 6.26. The van der Waals surface area contributed by atoms with Crippen molar-refractivity contribution in [1.29, 1.82) is 0 Å². The Morgan fingerprint density at radius 3 is 2.54 bits per heavy atom. The van der Waals surface area contributed by atoms with Crippen LogP contribution in [0.15, 0.2) is 85.3 Å². The first-order valence-electron chi connectivity index (χ1n) is 10.8. The first kappa shape index (κ1) is 22.7. The fourth-order valence-electron chi connectivity index (χ4n) is 3.74. The van der Waals surface area contributed by atoms with Gasteiger partial charge in [0.05, 0.1) is 27.2 Å². The van der Waals surface area contributed by atoms with Gasteiger partial charge in [0, 0.05) is 31.7 Å². The zero-order chi connectivity index (χ0) is 24.4. The van der Waals surface area contributed by atoms with Gasteiger partial charge >= 0.3 is 0 Å². The summed E-state index contributed by atoms with van der Waals surface area (Å²) in [5.74, 6) is 1.99. The molecule has 174 valence electrons. The highest BCUT2D eigenvalue weighted by Crippen LogP contribution is 2.38. The number of amides is 1. The predicted molar refractivity (Wildman–Crippen MR) is 143 cm³/mol. The molecule has 5 aromatic rings. The van der Waals surface area contributed by atoms with Gasteiger partial charge < -0.3 is 15.0 Å². The van der Waals surface area contributed by atoms with Gasteiger partial charge in [0.25, 0.3) is 0 Å². The molecule has 2 N–H and O–H groups in total. The number of thiocarbonyl (C=S) groups is 1. The standard InChI is InChI=1S/C26H21N5O2S2/c1-30-14-13-29-25(30)22-16-20-24(35-22)21(11-12-28-20)33-19-9-7-18(8-10-19)31(26(27)34)23(32)15-17-5-3-2-4-6-17/h2-14,16H,15H2,1H3,(H2,27,34). The number of hydrogen-bond donors (Lipinski definition) is 1. The maximum absolute atomic E-state index is 12.9. The summed E-state index contributed by atoms with van der Waals surface area (Å²) in [6.45, 7) is 0. The average Bonchev–Trinajstić information content (AvgIpc) is 3.47. The largest absolute Gasteiger partial charge is 0.456 e. The van der Waals surface area contributed by atoms with E-state index < -0.39 is 0 Å². The van der Waals surface area contributed by atoms with E-state index in [1.54, 1.807) is 48.0 Å². The van der Waals surface area contributed by atoms with Crippen LogP contribution in [0.1, 0.15) is 5.56 Å². The van der Waals surface area contributed by atoms with E-state index in [1.807, 2.05) is 60.3 Å². The molecule has 0 aliphatic heterocycles. The van der Waals surface area contributed by atoms with Crippen LogP contribution >= 0.6 is 23.6 Å². The Balaban J connectivity index is 1.38. The van der Waals surface area contributed by atoms with Crippen LogP contribution in [0, 0.1) is 0 Å². The van der Waals surface area contributed by atoms with Gasteiger partial charge in [0.1, 0.15) is 17.3 Å². The van der Waals surface area contributed by atoms with Crippen LogP contribution in [0.5, 0.6) is 11.5 Å². The molecule has 35 heavy (non-hydrogen) atoms. The van der Waals surface area contributed by atoms with Crippen LogP contribution < -0.4 is 15.4 Å². The van der Waals surface area contributed by atoms with Gasteiger partial charge in [-0.1, -0.05) is 30.3 Å². The minimum Gasteiger partial charge on any atom is -0.456 e. The molecule has 0 fully saturated rings. The van der Waals surface area contributed by atoms with E-state index in [9.17, 15) is 4.79 Å². The van der Waals surface area contributed by atoms with Gasteiger partial charge in [-0.15, -0.1) is 11.3 Å². The number of carbonyl (C=O) groups is 1. The summed E-state index contributed by atoms with van der Waals surface area (Å²) in [5.41, 5.74) is 8.21. The van der Waals surface area contributed by atoms with Crippen LogP contribution in [0.3, 0.4) is 0 Å². The van der Waals surface area contributed by atoms with E-state index in [4.69, 9.17) is 22.7 Å². The lowest BCUT2D eigenvalue weighted by atomic mass is 10.1. The Morgan fingerprint density at radius 2 is 1.86 bits per heavy atom. The Morgan fingerprint density at radius 1 is 1.09 bits per heavy atom. The molecule has 0 aliphatic carbocycles. The van der Waals surface area contributed by atoms with Gasteiger partial charge in [0.2, 0.25) is 5.91 Å². The van der Waals surface area contributed by atoms with E-state index in [0.717, 1.165) is 26.5 Å². The third kappa shape index (κ3) is 4.77. The number of benzene rings is 2. The van der Waals surface area contributed by atoms with Crippen molar-refractivity contribution in [3.8, 4) is 22.2 Å². The second kappa shape index (κ2) is 9.65. The minimum atomic E-state index is -0.200. The van der Waals surface area contributed by atoms with Gasteiger partial charge in [-0.25, -0.2) is 4.98 Å². The van der Waals surface area contributed by atoms with Gasteiger partial charge in [0.15, 0.2) is 5.11 Å². The molecule has 0 radical (unpaired) electrons. The molecule has 0 saturated heterocycles. The van der Waals surface area contributed by atoms with Crippen LogP contribution in [-0.4, -0.2) is 25.6 Å². The number of aromatic nitrogens is 3. The Hall–Kier alpha value is -4.08. The molecule has 2 aromatic carbocycles. The summed E-state index contributed by atoms with van der Waals surface area (Å²) in [5, 5.41) is -0.00385. The van der Waals surface area contributed by atoms with Gasteiger partial charge in [-0.2, -0.15) is 0 Å². The second-order valence-corrected chi connectivity index (χ2v) is 9.29. The zero-order valence-electron chi connectivity index (χ0n) is 18.8. The Labute approximate surface area is 211 Å². The summed E-state index contributed by atoms with van der Waals surface area (Å²) in [4.78, 5) is 24.2. The monoisotopic (exact) mass is 499 g/mol. The van der Waals surface area contributed by atoms with E-state index in [-0.39, 0.29) is 17.4 Å². The predicted octanol–water partition coefficient (Wildman–Crippen LogP) is 5.31. The lowest BCUT2D eigenvalue weighted by Crippen LogP contribution is -2.41. The van der Waals surface area contributed by atoms with Crippen molar-refractivity contribution in [3.05, 3.63) is 90.9 Å². The lowest BCUT2D eigenvalue weighted by Gasteiger charge is -2.21. The molecule has 9 heteroatoms. The van der Waals surface area contributed by atoms with Crippen LogP contribution in [-0.2, 0) is 18.3 Å². The smallest absolute Gasteiger partial charge is 0.237 e. The molecule has 3 aromatic heterocycles. The molecule has 7 nitrogen and oxygen atoms in total. The zero-order valence-corrected chi connectivity index (χ0v) is 20.4. The number of nitrogens with zero attached hydrogens (tertiary/aromatic N) is 4. The molecule has 0 unspecified atom stereocenters. The summed E-state index contributed by atoms with van der Waals surface area (Å²) in [6.07, 6.45) is 5.60. The number of aryl methyl sites for hydroxylation is 1. The SMILES string of the molecule is Cn1ccnc1-c1cc2nccc(Oc3ccc(N(C(=O)Cc4ccccc4)C(N)=S)cc3)c2s1. The second-order valence-electron chi connectivity index (χ2n) is 7.82. The number of carbonyl (C=O) groups excluding carboxylic acids is 1. The highest BCUT2D eigenvalue weighted by Gasteiger charge is 2.19. The third-order valence-electron chi connectivity index (χ3n) is 5.41. The number of pyridine rings is 1. The first-order chi connectivity index (χ1) is 17.0. The molecule has 0 spiro atoms. The van der Waals surface area contributed by atoms with Crippen LogP contribution in [0.4, 0.5) is 5.69 Å². The van der Waals surface area contributed by atoms with Crippen LogP contribution in [0.25, 0.3) is 20.9 Å². The average molecular weight is 500 g/mol. The number of fused-ring (bicyclic) bond motifs is 1. The molecule has 0 atom stereocenters. The molecular weight excluding hydrogens is 478 g/mol. The number of hydrogen-bond acceptors (Lipinski definition) is 6. The molecular formula is C26H21N5O2S2. The molecule has 3 heterocycles. The van der Waals surface area contributed by atoms with E-state index >= 15 is 0 Å². The number of ether oxygens (including phenoxy) is 1. The highest BCUT2D eigenvalue weighted by atomic mass is 32.1. The minimum absolute atomic E-state index is 0.00385. The van der Waals surface area contributed by atoms with E-state index in [1.165, 1.54) is 4.90 Å². The normalized spacial score (nSPS) is 10.9. The highest BCUT2D eigenvalue weighted by molar-refractivity contribution is 7.80. The number of nitrogens with two attached hydrogens (primary N) is 1. The van der Waals surface area contributed by atoms with E-state index in [2.05, 4.69) is 9.97 Å². The molecule has 5 rings (SSSR count). The molecule has 0 saturated carbocycles. The van der Waals surface area contributed by atoms with Crippen molar-refractivity contribution in [2.24, 2.45) is 12.8 Å². The molecule has 0 bridgehead atoms. The van der Waals surface area contributed by atoms with Crippen molar-refractivity contribution >= 4 is 50.5 Å². The maximum Gasteiger partial charge on any atom is 0.237 e. The number of imidazole rings is 1. The molecule has 1 amide bonds. The summed E-state index contributed by atoms with van der Waals surface area (Å²) in [6, 6.07) is 20.4. The summed E-state index contributed by atoms with van der Waals surface area (Å²) < 4.78 is 9.08. The third-order valence-corrected chi connectivity index (χ3v) is 6.73. The van der Waals surface area contributed by atoms with Crippen molar-refractivity contribution in [2.75, 3.05) is 4.90 Å². The van der Waals surface area contributed by atoms with Crippen molar-refractivity contribution in [3.63, 3.8) is 0 Å². The van der Waals surface area contributed by atoms with Crippen molar-refractivity contribution < 1.29 is 9.53 Å². The fraction of sp³-hybridized carbons (Fsp3) is 0.0769. The number of thiophene rings is 1. The summed E-state index contributed by atoms with van der Waals surface area (Å²) in [7, 11) is 1.96. The maximum atomic E-state index is 12.9. The quantitative estimate of drug-likeness (QED) is 0.319. The van der Waals surface area contributed by atoms with E-state index in [0.29, 0.717) is 17.2 Å². The number of rotatable bonds is 6. The fourth-order valence-corrected chi connectivity index (χ4v) is 5.05. The summed E-state index contributed by atoms with van der Waals surface area (Å²) >= 11 is 6.74. The Bertz CT molecular complexity index is 1510. The lowest BCUT2D eigenvalue weighted by molar-refractivity contribution is -0.117. The van der Waals surface area contributed by atoms with Gasteiger partial charge in [-0.3, -0.25) is 14.7 Å². The van der Waals surface area contributed by atoms with Crippen molar-refractivity contribution in [2.45, 2.75) is 6.42 Å². The first-order valence-corrected chi connectivity index (χ1v) is 12.0. The van der Waals surface area contributed by atoms with Crippen LogP contribution in [0.2, 0.25) is 0 Å².